The van der Waals surface area contributed by atoms with Crippen molar-refractivity contribution in [3.8, 4) is 16.9 Å². The number of hydrogen-bond donors (Lipinski definition) is 3. The third-order valence-electron chi connectivity index (χ3n) is 5.52. The van der Waals surface area contributed by atoms with Gasteiger partial charge in [-0.2, -0.15) is 13.2 Å². The second-order valence-electron chi connectivity index (χ2n) is 8.53. The van der Waals surface area contributed by atoms with E-state index in [1.54, 1.807) is 36.4 Å². The van der Waals surface area contributed by atoms with E-state index in [2.05, 4.69) is 9.73 Å². The molecule has 0 amide bonds. The molecule has 218 valence electrons. The maximum absolute atomic E-state index is 13.0. The van der Waals surface area contributed by atoms with Crippen LogP contribution in [0.3, 0.4) is 0 Å². The van der Waals surface area contributed by atoms with Crippen LogP contribution in [0.5, 0.6) is 5.75 Å². The van der Waals surface area contributed by atoms with Crippen molar-refractivity contribution in [2.75, 3.05) is 11.3 Å². The molecule has 1 unspecified atom stereocenters. The van der Waals surface area contributed by atoms with Gasteiger partial charge in [-0.1, -0.05) is 18.2 Å². The van der Waals surface area contributed by atoms with Gasteiger partial charge >= 0.3 is 12.5 Å². The van der Waals surface area contributed by atoms with Crippen molar-refractivity contribution in [2.24, 2.45) is 22.3 Å². The molecule has 3 aromatic rings. The van der Waals surface area contributed by atoms with Gasteiger partial charge in [0.15, 0.2) is 0 Å². The van der Waals surface area contributed by atoms with Crippen molar-refractivity contribution in [3.63, 3.8) is 0 Å². The Kier molecular flexibility index (Phi) is 9.50. The molecule has 41 heavy (non-hydrogen) atoms. The Labute approximate surface area is 234 Å². The van der Waals surface area contributed by atoms with Crippen LogP contribution < -0.4 is 27.1 Å². The van der Waals surface area contributed by atoms with Crippen LogP contribution in [0.15, 0.2) is 94.6 Å². The number of nitrogens with two attached hydrogens (primary N) is 3. The summed E-state index contributed by atoms with van der Waals surface area (Å²) in [6, 6.07) is 16.3. The number of anilines is 1. The van der Waals surface area contributed by atoms with Gasteiger partial charge in [-0.15, -0.1) is 13.2 Å². The topological polar surface area (TPSA) is 120 Å². The van der Waals surface area contributed by atoms with Crippen molar-refractivity contribution in [2.45, 2.75) is 24.4 Å². The molecule has 0 fully saturated rings. The smallest absolute Gasteiger partial charge is 0.406 e. The average molecular weight is 598 g/mol. The third kappa shape index (κ3) is 8.35. The molecule has 0 heterocycles. The summed E-state index contributed by atoms with van der Waals surface area (Å²) < 4.78 is 92.5. The first-order valence-corrected chi connectivity index (χ1v) is 13.2. The van der Waals surface area contributed by atoms with Crippen LogP contribution in [-0.4, -0.2) is 28.7 Å². The number of hydrazine groups is 1. The summed E-state index contributed by atoms with van der Waals surface area (Å²) in [5.41, 5.74) is 11.5. The molecule has 7 nitrogen and oxygen atoms in total. The average Bonchev–Trinajstić information content (AvgIpc) is 2.88. The maximum atomic E-state index is 13.0. The number of rotatable bonds is 8. The fraction of sp³-hybridized carbons (Fsp3) is 0.148. The quantitative estimate of drug-likeness (QED) is 0.125. The molecule has 0 spiro atoms. The third-order valence-corrected chi connectivity index (χ3v) is 6.44. The Balaban J connectivity index is 2.13. The van der Waals surface area contributed by atoms with E-state index in [0.717, 1.165) is 23.3 Å². The van der Waals surface area contributed by atoms with Crippen molar-refractivity contribution < 1.29 is 35.3 Å². The number of alkyl halides is 6. The highest BCUT2D eigenvalue weighted by Gasteiger charge is 2.32. The summed E-state index contributed by atoms with van der Waals surface area (Å²) in [5, 5.41) is 1.09. The van der Waals surface area contributed by atoms with Gasteiger partial charge in [0.25, 0.3) is 0 Å². The Hall–Kier alpha value is -4.30. The van der Waals surface area contributed by atoms with Gasteiger partial charge in [0.05, 0.1) is 17.1 Å². The van der Waals surface area contributed by atoms with Gasteiger partial charge < -0.3 is 16.2 Å². The van der Waals surface area contributed by atoms with E-state index in [0.29, 0.717) is 27.7 Å². The first-order valence-electron chi connectivity index (χ1n) is 11.6. The van der Waals surface area contributed by atoms with Gasteiger partial charge in [0, 0.05) is 39.4 Å². The number of aliphatic imine (C=N–C) groups is 1. The van der Waals surface area contributed by atoms with Crippen LogP contribution in [0.25, 0.3) is 16.8 Å². The largest absolute Gasteiger partial charge is 0.573 e. The monoisotopic (exact) mass is 597 g/mol. The summed E-state index contributed by atoms with van der Waals surface area (Å²) in [6.07, 6.45) is -6.35. The van der Waals surface area contributed by atoms with Crippen molar-refractivity contribution >= 4 is 33.6 Å². The van der Waals surface area contributed by atoms with E-state index in [9.17, 15) is 30.6 Å². The molecule has 6 N–H and O–H groups in total. The number of hydrogen-bond acceptors (Lipinski definition) is 7. The predicted molar refractivity (Wildman–Crippen MR) is 147 cm³/mol. The lowest BCUT2D eigenvalue weighted by atomic mass is 10.0. The van der Waals surface area contributed by atoms with E-state index in [4.69, 9.17) is 17.3 Å². The van der Waals surface area contributed by atoms with Crippen LogP contribution >= 0.6 is 0 Å². The molecule has 3 aromatic carbocycles. The summed E-state index contributed by atoms with van der Waals surface area (Å²) in [7, 11) is -1.27. The lowest BCUT2D eigenvalue weighted by molar-refractivity contribution is -0.274. The molecule has 0 saturated carbocycles. The van der Waals surface area contributed by atoms with Gasteiger partial charge in [0.2, 0.25) is 0 Å². The lowest BCUT2D eigenvalue weighted by Crippen LogP contribution is -2.30. The van der Waals surface area contributed by atoms with Gasteiger partial charge in [-0.25, -0.2) is 5.84 Å². The van der Waals surface area contributed by atoms with Crippen LogP contribution in [0.2, 0.25) is 0 Å². The fourth-order valence-electron chi connectivity index (χ4n) is 3.65. The standard InChI is InChI=1S/C27H25F6N5O2S/c1-16(12-25(35)26(28,29)30)37-22-11-8-19(18-4-3-5-21(13-18)41(2)39)14-23(22)38(36)24(15-34)17-6-9-20(10-7-17)40-27(31,32)33/h3-15H,34-36H2,1-2H3/b24-15-,25-12?,37-16?. The Bertz CT molecular complexity index is 1520. The van der Waals surface area contributed by atoms with E-state index >= 15 is 0 Å². The highest BCUT2D eigenvalue weighted by Crippen LogP contribution is 2.37. The first kappa shape index (κ1) is 31.2. The van der Waals surface area contributed by atoms with Crippen molar-refractivity contribution in [1.82, 2.24) is 0 Å². The van der Waals surface area contributed by atoms with Crippen LogP contribution in [0, 0.1) is 0 Å². The first-order chi connectivity index (χ1) is 19.1. The molecule has 0 saturated heterocycles. The van der Waals surface area contributed by atoms with Crippen molar-refractivity contribution in [3.05, 3.63) is 90.3 Å². The zero-order chi connectivity index (χ0) is 30.5. The number of benzene rings is 3. The number of halogens is 6. The molecule has 0 aromatic heterocycles. The zero-order valence-electron chi connectivity index (χ0n) is 21.6. The maximum Gasteiger partial charge on any atom is 0.573 e. The minimum absolute atomic E-state index is 0.0856. The Morgan fingerprint density at radius 2 is 1.61 bits per heavy atom. The highest BCUT2D eigenvalue weighted by atomic mass is 32.2. The van der Waals surface area contributed by atoms with E-state index < -0.39 is 34.8 Å². The summed E-state index contributed by atoms with van der Waals surface area (Å²) in [6.45, 7) is 1.32. The minimum Gasteiger partial charge on any atom is -0.406 e. The van der Waals surface area contributed by atoms with Gasteiger partial charge in [-0.05, 0) is 72.7 Å². The summed E-state index contributed by atoms with van der Waals surface area (Å²) in [5.74, 6) is 5.96. The van der Waals surface area contributed by atoms with Crippen molar-refractivity contribution in [1.29, 1.82) is 0 Å². The summed E-state index contributed by atoms with van der Waals surface area (Å²) in [4.78, 5) is 4.81. The molecule has 1 atom stereocenters. The highest BCUT2D eigenvalue weighted by molar-refractivity contribution is 7.84. The second-order valence-corrected chi connectivity index (χ2v) is 9.91. The Morgan fingerprint density at radius 3 is 2.17 bits per heavy atom. The molecule has 3 rings (SSSR count). The number of ether oxygens (including phenoxy) is 1. The van der Waals surface area contributed by atoms with E-state index in [-0.39, 0.29) is 22.8 Å². The molecular weight excluding hydrogens is 572 g/mol. The SMILES string of the molecule is CC(C=C(N)C(F)(F)F)=Nc1ccc(-c2cccc(S(C)=O)c2)cc1N(N)/C(=C\N)c1ccc(OC(F)(F)F)cc1. The molecule has 0 bridgehead atoms. The molecule has 0 aliphatic carbocycles. The lowest BCUT2D eigenvalue weighted by Gasteiger charge is -2.24. The van der Waals surface area contributed by atoms with Crippen LogP contribution in [-0.2, 0) is 10.8 Å². The van der Waals surface area contributed by atoms with E-state index in [1.807, 2.05) is 0 Å². The zero-order valence-corrected chi connectivity index (χ0v) is 22.4. The molecule has 0 aliphatic heterocycles. The fourth-order valence-corrected chi connectivity index (χ4v) is 4.21. The van der Waals surface area contributed by atoms with E-state index in [1.165, 1.54) is 31.4 Å². The van der Waals surface area contributed by atoms with Gasteiger partial charge in [0.1, 0.15) is 11.4 Å². The number of allylic oxidation sites excluding steroid dienone is 2. The Morgan fingerprint density at radius 1 is 0.976 bits per heavy atom. The number of nitrogens with zero attached hydrogens (tertiary/aromatic N) is 2. The molecular formula is C27H25F6N5O2S. The van der Waals surface area contributed by atoms with Crippen LogP contribution in [0.4, 0.5) is 37.7 Å². The molecule has 14 heteroatoms. The second kappa shape index (κ2) is 12.5. The molecule has 0 radical (unpaired) electrons. The summed E-state index contributed by atoms with van der Waals surface area (Å²) >= 11 is 0. The normalized spacial score (nSPS) is 14.1. The van der Waals surface area contributed by atoms with Gasteiger partial charge in [-0.3, -0.25) is 14.2 Å². The predicted octanol–water partition coefficient (Wildman–Crippen LogP) is 6.12. The minimum atomic E-state index is -4.88. The molecule has 0 aliphatic rings. The van der Waals surface area contributed by atoms with Crippen LogP contribution in [0.1, 0.15) is 12.5 Å².